The molecule has 1 rings (SSSR count). The van der Waals surface area contributed by atoms with Crippen molar-refractivity contribution >= 4 is 5.91 Å². The summed E-state index contributed by atoms with van der Waals surface area (Å²) in [5, 5.41) is 15.5. The van der Waals surface area contributed by atoms with Gasteiger partial charge in [0.1, 0.15) is 0 Å². The molecule has 1 aliphatic heterocycles. The summed E-state index contributed by atoms with van der Waals surface area (Å²) in [5.41, 5.74) is 0. The molecular formula is C13H26N2O2. The molecule has 1 amide bonds. The summed E-state index contributed by atoms with van der Waals surface area (Å²) in [6.45, 7) is 6.58. The van der Waals surface area contributed by atoms with E-state index in [9.17, 15) is 9.90 Å². The highest BCUT2D eigenvalue weighted by molar-refractivity contribution is 5.76. The number of aliphatic hydroxyl groups is 1. The molecule has 0 aromatic rings. The molecule has 0 spiro atoms. The maximum absolute atomic E-state index is 11.7. The molecule has 1 heterocycles. The molecule has 0 aliphatic carbocycles. The molecule has 4 heteroatoms. The largest absolute Gasteiger partial charge is 0.391 e. The van der Waals surface area contributed by atoms with Crippen molar-refractivity contribution in [2.24, 2.45) is 11.8 Å². The maximum Gasteiger partial charge on any atom is 0.220 e. The van der Waals surface area contributed by atoms with Gasteiger partial charge in [0.05, 0.1) is 6.10 Å². The molecule has 1 fully saturated rings. The van der Waals surface area contributed by atoms with E-state index >= 15 is 0 Å². The summed E-state index contributed by atoms with van der Waals surface area (Å²) in [7, 11) is 0. The quantitative estimate of drug-likeness (QED) is 0.648. The zero-order valence-electron chi connectivity index (χ0n) is 11.0. The maximum atomic E-state index is 11.7. The lowest BCUT2D eigenvalue weighted by atomic mass is 9.85. The van der Waals surface area contributed by atoms with Crippen molar-refractivity contribution < 1.29 is 9.90 Å². The molecule has 100 valence electrons. The van der Waals surface area contributed by atoms with Crippen LogP contribution in [0.2, 0.25) is 0 Å². The lowest BCUT2D eigenvalue weighted by Crippen LogP contribution is -2.37. The summed E-state index contributed by atoms with van der Waals surface area (Å²) in [6, 6.07) is 0. The molecule has 0 radical (unpaired) electrons. The van der Waals surface area contributed by atoms with Crippen LogP contribution >= 0.6 is 0 Å². The van der Waals surface area contributed by atoms with E-state index in [-0.39, 0.29) is 5.91 Å². The van der Waals surface area contributed by atoms with Gasteiger partial charge in [-0.05, 0) is 44.2 Å². The zero-order chi connectivity index (χ0) is 12.7. The fourth-order valence-electron chi connectivity index (χ4n) is 2.27. The average molecular weight is 242 g/mol. The Kier molecular flexibility index (Phi) is 6.52. The van der Waals surface area contributed by atoms with Gasteiger partial charge in [-0.1, -0.05) is 13.8 Å². The molecule has 1 saturated heterocycles. The van der Waals surface area contributed by atoms with Crippen LogP contribution in [-0.4, -0.2) is 36.8 Å². The summed E-state index contributed by atoms with van der Waals surface area (Å²) < 4.78 is 0. The van der Waals surface area contributed by atoms with Crippen LogP contribution in [0.15, 0.2) is 0 Å². The molecule has 0 saturated carbocycles. The second kappa shape index (κ2) is 7.67. The molecule has 3 N–H and O–H groups in total. The second-order valence-electron chi connectivity index (χ2n) is 5.15. The summed E-state index contributed by atoms with van der Waals surface area (Å²) >= 11 is 0. The van der Waals surface area contributed by atoms with Crippen LogP contribution in [-0.2, 0) is 4.79 Å². The Bertz CT molecular complexity index is 227. The minimum atomic E-state index is -0.411. The second-order valence-corrected chi connectivity index (χ2v) is 5.15. The van der Waals surface area contributed by atoms with Gasteiger partial charge < -0.3 is 15.7 Å². The number of carbonyl (C=O) groups is 1. The van der Waals surface area contributed by atoms with Crippen LogP contribution in [0.3, 0.4) is 0 Å². The summed E-state index contributed by atoms with van der Waals surface area (Å²) in [4.78, 5) is 11.7. The molecular weight excluding hydrogens is 216 g/mol. The Balaban J connectivity index is 2.20. The number of piperidine rings is 1. The third-order valence-electron chi connectivity index (χ3n) is 3.65. The van der Waals surface area contributed by atoms with E-state index < -0.39 is 6.10 Å². The topological polar surface area (TPSA) is 61.4 Å². The molecule has 0 aromatic carbocycles. The number of rotatable bonds is 6. The molecule has 17 heavy (non-hydrogen) atoms. The van der Waals surface area contributed by atoms with E-state index in [0.29, 0.717) is 31.2 Å². The van der Waals surface area contributed by atoms with Gasteiger partial charge in [0.25, 0.3) is 0 Å². The average Bonchev–Trinajstić information content (AvgIpc) is 2.36. The first-order valence-corrected chi connectivity index (χ1v) is 6.79. The van der Waals surface area contributed by atoms with E-state index in [0.717, 1.165) is 13.1 Å². The number of carbonyl (C=O) groups excluding carboxylic acids is 1. The van der Waals surface area contributed by atoms with Crippen LogP contribution in [0.1, 0.15) is 39.5 Å². The summed E-state index contributed by atoms with van der Waals surface area (Å²) in [5.74, 6) is 1.10. The van der Waals surface area contributed by atoms with Crippen molar-refractivity contribution in [1.29, 1.82) is 0 Å². The Morgan fingerprint density at radius 3 is 2.94 bits per heavy atom. The third kappa shape index (κ3) is 5.50. The van der Waals surface area contributed by atoms with Gasteiger partial charge in [-0.2, -0.15) is 0 Å². The van der Waals surface area contributed by atoms with Gasteiger partial charge in [0.2, 0.25) is 5.91 Å². The molecule has 1 aliphatic rings. The van der Waals surface area contributed by atoms with Crippen molar-refractivity contribution in [3.05, 3.63) is 0 Å². The lowest BCUT2D eigenvalue weighted by Gasteiger charge is -2.28. The van der Waals surface area contributed by atoms with Gasteiger partial charge in [-0.3, -0.25) is 4.79 Å². The normalized spacial score (nSPS) is 24.1. The highest BCUT2D eigenvalue weighted by Crippen LogP contribution is 2.22. The van der Waals surface area contributed by atoms with E-state index in [2.05, 4.69) is 17.6 Å². The first-order chi connectivity index (χ1) is 8.13. The Morgan fingerprint density at radius 2 is 2.35 bits per heavy atom. The van der Waals surface area contributed by atoms with Crippen molar-refractivity contribution in [3.63, 3.8) is 0 Å². The van der Waals surface area contributed by atoms with Gasteiger partial charge in [0.15, 0.2) is 0 Å². The smallest absolute Gasteiger partial charge is 0.220 e. The molecule has 0 aromatic heterocycles. The first kappa shape index (κ1) is 14.5. The minimum Gasteiger partial charge on any atom is -0.391 e. The standard InChI is InChI=1S/C13H26N2O2/c1-3-12(16)9-15-13(17)7-10(2)11-5-4-6-14-8-11/h10-12,14,16H,3-9H2,1-2H3,(H,15,17). The summed E-state index contributed by atoms with van der Waals surface area (Å²) in [6.07, 6.45) is 3.28. The number of hydrogen-bond acceptors (Lipinski definition) is 3. The van der Waals surface area contributed by atoms with E-state index in [1.165, 1.54) is 12.8 Å². The highest BCUT2D eigenvalue weighted by Gasteiger charge is 2.21. The van der Waals surface area contributed by atoms with Gasteiger partial charge >= 0.3 is 0 Å². The third-order valence-corrected chi connectivity index (χ3v) is 3.65. The molecule has 3 unspecified atom stereocenters. The number of hydrogen-bond donors (Lipinski definition) is 3. The SMILES string of the molecule is CCC(O)CNC(=O)CC(C)C1CCCNC1. The zero-order valence-corrected chi connectivity index (χ0v) is 11.0. The molecule has 0 bridgehead atoms. The van der Waals surface area contributed by atoms with E-state index in [1.807, 2.05) is 6.92 Å². The van der Waals surface area contributed by atoms with Crippen LogP contribution < -0.4 is 10.6 Å². The number of aliphatic hydroxyl groups excluding tert-OH is 1. The Labute approximate surface area is 104 Å². The van der Waals surface area contributed by atoms with Crippen molar-refractivity contribution in [2.75, 3.05) is 19.6 Å². The van der Waals surface area contributed by atoms with Crippen LogP contribution in [0, 0.1) is 11.8 Å². The molecule has 4 nitrogen and oxygen atoms in total. The van der Waals surface area contributed by atoms with Crippen molar-refractivity contribution in [2.45, 2.75) is 45.6 Å². The molecule has 3 atom stereocenters. The van der Waals surface area contributed by atoms with Crippen LogP contribution in [0.5, 0.6) is 0 Å². The van der Waals surface area contributed by atoms with Crippen molar-refractivity contribution in [1.82, 2.24) is 10.6 Å². The number of amides is 1. The predicted octanol–water partition coefficient (Wildman–Crippen LogP) is 0.899. The fraction of sp³-hybridized carbons (Fsp3) is 0.923. The van der Waals surface area contributed by atoms with Crippen molar-refractivity contribution in [3.8, 4) is 0 Å². The Morgan fingerprint density at radius 1 is 1.59 bits per heavy atom. The van der Waals surface area contributed by atoms with Crippen LogP contribution in [0.4, 0.5) is 0 Å². The number of nitrogens with one attached hydrogen (secondary N) is 2. The first-order valence-electron chi connectivity index (χ1n) is 6.79. The van der Waals surface area contributed by atoms with E-state index in [4.69, 9.17) is 0 Å². The fourth-order valence-corrected chi connectivity index (χ4v) is 2.27. The monoisotopic (exact) mass is 242 g/mol. The van der Waals surface area contributed by atoms with Crippen LogP contribution in [0.25, 0.3) is 0 Å². The predicted molar refractivity (Wildman–Crippen MR) is 68.7 cm³/mol. The van der Waals surface area contributed by atoms with Gasteiger partial charge in [-0.15, -0.1) is 0 Å². The Hall–Kier alpha value is -0.610. The van der Waals surface area contributed by atoms with Gasteiger partial charge in [-0.25, -0.2) is 0 Å². The van der Waals surface area contributed by atoms with E-state index in [1.54, 1.807) is 0 Å². The van der Waals surface area contributed by atoms with Gasteiger partial charge in [0, 0.05) is 13.0 Å². The highest BCUT2D eigenvalue weighted by atomic mass is 16.3. The lowest BCUT2D eigenvalue weighted by molar-refractivity contribution is -0.122. The minimum absolute atomic E-state index is 0.0653.